The van der Waals surface area contributed by atoms with Crippen LogP contribution in [0.15, 0.2) is 36.5 Å². The Bertz CT molecular complexity index is 507. The first-order chi connectivity index (χ1) is 8.70. The minimum Gasteiger partial charge on any atom is -0.487 e. The highest BCUT2D eigenvalue weighted by molar-refractivity contribution is 5.35. The molecular weight excluding hydrogens is 226 g/mol. The molecule has 4 nitrogen and oxygen atoms in total. The fraction of sp³-hybridized carbons (Fsp3) is 0.357. The molecule has 0 bridgehead atoms. The van der Waals surface area contributed by atoms with Gasteiger partial charge in [0, 0.05) is 24.8 Å². The maximum absolute atomic E-state index is 6.07. The molecule has 1 unspecified atom stereocenters. The zero-order valence-corrected chi connectivity index (χ0v) is 10.8. The number of hydrogen-bond donors (Lipinski definition) is 1. The third-order valence-electron chi connectivity index (χ3n) is 2.90. The molecule has 0 radical (unpaired) electrons. The molecule has 1 heterocycles. The van der Waals surface area contributed by atoms with Crippen molar-refractivity contribution in [1.29, 1.82) is 0 Å². The van der Waals surface area contributed by atoms with Crippen LogP contribution in [0.2, 0.25) is 0 Å². The van der Waals surface area contributed by atoms with E-state index >= 15 is 0 Å². The molecule has 0 amide bonds. The fourth-order valence-electron chi connectivity index (χ4n) is 1.83. The second-order valence-electron chi connectivity index (χ2n) is 4.32. The van der Waals surface area contributed by atoms with Gasteiger partial charge in [-0.15, -0.1) is 0 Å². The van der Waals surface area contributed by atoms with Gasteiger partial charge in [-0.2, -0.15) is 5.10 Å². The molecule has 1 atom stereocenters. The first-order valence-corrected chi connectivity index (χ1v) is 6.16. The van der Waals surface area contributed by atoms with Crippen LogP contribution in [0, 0.1) is 0 Å². The summed E-state index contributed by atoms with van der Waals surface area (Å²) in [5.41, 5.74) is 8.03. The normalized spacial score (nSPS) is 12.4. The first-order valence-electron chi connectivity index (χ1n) is 6.16. The highest BCUT2D eigenvalue weighted by atomic mass is 16.5. The van der Waals surface area contributed by atoms with E-state index in [1.54, 1.807) is 4.68 Å². The topological polar surface area (TPSA) is 53.1 Å². The van der Waals surface area contributed by atoms with Crippen LogP contribution in [-0.2, 0) is 13.7 Å². The molecule has 0 aliphatic heterocycles. The van der Waals surface area contributed by atoms with Crippen LogP contribution in [0.1, 0.15) is 30.6 Å². The molecule has 18 heavy (non-hydrogen) atoms. The van der Waals surface area contributed by atoms with Crippen molar-refractivity contribution in [2.24, 2.45) is 12.8 Å². The number of aryl methyl sites for hydroxylation is 1. The van der Waals surface area contributed by atoms with E-state index in [2.05, 4.69) is 12.0 Å². The van der Waals surface area contributed by atoms with E-state index in [-0.39, 0.29) is 6.04 Å². The van der Waals surface area contributed by atoms with Crippen LogP contribution in [0.4, 0.5) is 0 Å². The second kappa shape index (κ2) is 5.69. The summed E-state index contributed by atoms with van der Waals surface area (Å²) in [6, 6.07) is 9.88. The Labute approximate surface area is 107 Å². The van der Waals surface area contributed by atoms with Gasteiger partial charge in [0.05, 0.1) is 5.69 Å². The van der Waals surface area contributed by atoms with E-state index in [1.165, 1.54) is 0 Å². The van der Waals surface area contributed by atoms with Gasteiger partial charge in [0.25, 0.3) is 0 Å². The predicted molar refractivity (Wildman–Crippen MR) is 71.2 cm³/mol. The number of aromatic nitrogens is 2. The maximum atomic E-state index is 6.07. The van der Waals surface area contributed by atoms with Crippen molar-refractivity contribution in [3.05, 3.63) is 47.8 Å². The smallest absolute Gasteiger partial charge is 0.132 e. The second-order valence-corrected chi connectivity index (χ2v) is 4.32. The summed E-state index contributed by atoms with van der Waals surface area (Å²) in [7, 11) is 1.89. The summed E-state index contributed by atoms with van der Waals surface area (Å²) in [4.78, 5) is 0. The quantitative estimate of drug-likeness (QED) is 0.880. The summed E-state index contributed by atoms with van der Waals surface area (Å²) >= 11 is 0. The summed E-state index contributed by atoms with van der Waals surface area (Å²) in [5, 5.41) is 4.28. The predicted octanol–water partition coefficient (Wildman–Crippen LogP) is 2.41. The standard InChI is InChI=1S/C14H19N3O/c1-3-13(15)12-6-4-5-7-14(12)18-10-11-8-9-17(2)16-11/h4-9,13H,3,10,15H2,1-2H3. The Morgan fingerprint density at radius 1 is 1.33 bits per heavy atom. The Morgan fingerprint density at radius 3 is 2.78 bits per heavy atom. The zero-order valence-electron chi connectivity index (χ0n) is 10.8. The number of hydrogen-bond acceptors (Lipinski definition) is 3. The van der Waals surface area contributed by atoms with Crippen molar-refractivity contribution in [1.82, 2.24) is 9.78 Å². The van der Waals surface area contributed by atoms with Gasteiger partial charge in [-0.3, -0.25) is 4.68 Å². The third kappa shape index (κ3) is 2.90. The number of nitrogens with zero attached hydrogens (tertiary/aromatic N) is 2. The Kier molecular flexibility index (Phi) is 3.99. The summed E-state index contributed by atoms with van der Waals surface area (Å²) < 4.78 is 7.57. The minimum absolute atomic E-state index is 0.0185. The van der Waals surface area contributed by atoms with E-state index < -0.39 is 0 Å². The fourth-order valence-corrected chi connectivity index (χ4v) is 1.83. The number of ether oxygens (including phenoxy) is 1. The molecule has 0 saturated carbocycles. The average molecular weight is 245 g/mol. The largest absolute Gasteiger partial charge is 0.487 e. The van der Waals surface area contributed by atoms with Gasteiger partial charge in [-0.05, 0) is 18.6 Å². The maximum Gasteiger partial charge on any atom is 0.132 e. The summed E-state index contributed by atoms with van der Waals surface area (Å²) in [5.74, 6) is 0.845. The van der Waals surface area contributed by atoms with Crippen molar-refractivity contribution in [2.75, 3.05) is 0 Å². The van der Waals surface area contributed by atoms with E-state index in [0.717, 1.165) is 23.4 Å². The molecular formula is C14H19N3O. The van der Waals surface area contributed by atoms with Crippen molar-refractivity contribution < 1.29 is 4.74 Å². The van der Waals surface area contributed by atoms with Crippen molar-refractivity contribution >= 4 is 0 Å². The SMILES string of the molecule is CCC(N)c1ccccc1OCc1ccn(C)n1. The van der Waals surface area contributed by atoms with Crippen molar-refractivity contribution in [3.63, 3.8) is 0 Å². The molecule has 0 spiro atoms. The number of para-hydroxylation sites is 1. The number of nitrogens with two attached hydrogens (primary N) is 1. The molecule has 2 aromatic rings. The van der Waals surface area contributed by atoms with E-state index in [9.17, 15) is 0 Å². The average Bonchev–Trinajstić information content (AvgIpc) is 2.81. The van der Waals surface area contributed by atoms with Crippen molar-refractivity contribution in [2.45, 2.75) is 26.0 Å². The molecule has 0 aliphatic rings. The van der Waals surface area contributed by atoms with Gasteiger partial charge in [-0.25, -0.2) is 0 Å². The third-order valence-corrected chi connectivity index (χ3v) is 2.90. The van der Waals surface area contributed by atoms with E-state index in [4.69, 9.17) is 10.5 Å². The number of rotatable bonds is 5. The van der Waals surface area contributed by atoms with Gasteiger partial charge in [0.1, 0.15) is 12.4 Å². The molecule has 2 N–H and O–H groups in total. The molecule has 4 heteroatoms. The van der Waals surface area contributed by atoms with Crippen LogP contribution in [0.25, 0.3) is 0 Å². The summed E-state index contributed by atoms with van der Waals surface area (Å²) in [6.45, 7) is 2.54. The van der Waals surface area contributed by atoms with Gasteiger partial charge >= 0.3 is 0 Å². The first kappa shape index (κ1) is 12.6. The lowest BCUT2D eigenvalue weighted by Gasteiger charge is -2.15. The molecule has 0 saturated heterocycles. The van der Waals surface area contributed by atoms with Gasteiger partial charge in [0.15, 0.2) is 0 Å². The Morgan fingerprint density at radius 2 is 2.11 bits per heavy atom. The monoisotopic (exact) mass is 245 g/mol. The van der Waals surface area contributed by atoms with Crippen molar-refractivity contribution in [3.8, 4) is 5.75 Å². The van der Waals surface area contributed by atoms with Crippen LogP contribution in [-0.4, -0.2) is 9.78 Å². The van der Waals surface area contributed by atoms with E-state index in [1.807, 2.05) is 43.6 Å². The summed E-state index contributed by atoms with van der Waals surface area (Å²) in [6.07, 6.45) is 2.80. The van der Waals surface area contributed by atoms with E-state index in [0.29, 0.717) is 6.61 Å². The molecule has 2 rings (SSSR count). The number of benzene rings is 1. The van der Waals surface area contributed by atoms with Crippen LogP contribution < -0.4 is 10.5 Å². The van der Waals surface area contributed by atoms with Gasteiger partial charge in [-0.1, -0.05) is 25.1 Å². The van der Waals surface area contributed by atoms with Gasteiger partial charge in [0.2, 0.25) is 0 Å². The molecule has 0 aliphatic carbocycles. The Balaban J connectivity index is 2.09. The lowest BCUT2D eigenvalue weighted by atomic mass is 10.0. The van der Waals surface area contributed by atoms with Gasteiger partial charge < -0.3 is 10.5 Å². The molecule has 1 aromatic carbocycles. The lowest BCUT2D eigenvalue weighted by molar-refractivity contribution is 0.295. The Hall–Kier alpha value is -1.81. The van der Waals surface area contributed by atoms with Crippen LogP contribution >= 0.6 is 0 Å². The minimum atomic E-state index is 0.0185. The highest BCUT2D eigenvalue weighted by Crippen LogP contribution is 2.25. The van der Waals surface area contributed by atoms with Crippen LogP contribution in [0.5, 0.6) is 5.75 Å². The molecule has 96 valence electrons. The lowest BCUT2D eigenvalue weighted by Crippen LogP contribution is -2.11. The molecule has 0 fully saturated rings. The van der Waals surface area contributed by atoms with Crippen LogP contribution in [0.3, 0.4) is 0 Å². The highest BCUT2D eigenvalue weighted by Gasteiger charge is 2.10. The zero-order chi connectivity index (χ0) is 13.0. The molecule has 1 aromatic heterocycles.